The van der Waals surface area contributed by atoms with Crippen molar-refractivity contribution in [1.82, 2.24) is 9.88 Å². The number of cyclic esters (lactones) is 1. The van der Waals surface area contributed by atoms with Crippen LogP contribution in [0.2, 0.25) is 0 Å². The molecule has 2 heterocycles. The van der Waals surface area contributed by atoms with Gasteiger partial charge in [-0.05, 0) is 77.4 Å². The summed E-state index contributed by atoms with van der Waals surface area (Å²) >= 11 is 0. The molecular weight excluding hydrogens is 578 g/mol. The molecule has 2 amide bonds. The highest BCUT2D eigenvalue weighted by Crippen LogP contribution is 2.37. The van der Waals surface area contributed by atoms with E-state index in [1.165, 1.54) is 11.0 Å². The van der Waals surface area contributed by atoms with E-state index in [0.717, 1.165) is 16.3 Å². The molecule has 6 rings (SSSR count). The molecule has 4 bridgehead atoms. The zero-order valence-corrected chi connectivity index (χ0v) is 25.6. The largest absolute Gasteiger partial charge is 0.448 e. The third-order valence-corrected chi connectivity index (χ3v) is 10.6. The number of rotatable bonds is 4. The van der Waals surface area contributed by atoms with E-state index in [1.54, 1.807) is 25.4 Å². The van der Waals surface area contributed by atoms with Crippen molar-refractivity contribution in [3.63, 3.8) is 0 Å². The summed E-state index contributed by atoms with van der Waals surface area (Å²) in [5.41, 5.74) is 8.58. The number of ether oxygens (including phenoxy) is 1. The van der Waals surface area contributed by atoms with Gasteiger partial charge in [-0.3, -0.25) is 10.1 Å². The van der Waals surface area contributed by atoms with Crippen LogP contribution in [0.3, 0.4) is 0 Å². The van der Waals surface area contributed by atoms with Crippen LogP contribution in [0.5, 0.6) is 0 Å². The fraction of sp³-hybridized carbons (Fsp3) is 0.303. The number of hydrogen-bond donors (Lipinski definition) is 3. The Morgan fingerprint density at radius 3 is 2.61 bits per heavy atom. The number of likely N-dealkylation sites (N-methyl/N-ethyl adjacent to an activating group) is 1. The molecule has 1 atom stereocenters. The highest BCUT2D eigenvalue weighted by atomic mass is 32.2. The highest BCUT2D eigenvalue weighted by Gasteiger charge is 2.38. The summed E-state index contributed by atoms with van der Waals surface area (Å²) < 4.78 is 32.3. The molecule has 1 aliphatic carbocycles. The lowest BCUT2D eigenvalue weighted by Crippen LogP contribution is -2.35. The van der Waals surface area contributed by atoms with Crippen LogP contribution in [0.1, 0.15) is 49.4 Å². The third kappa shape index (κ3) is 5.79. The molecule has 0 unspecified atom stereocenters. The maximum absolute atomic E-state index is 14.3. The van der Waals surface area contributed by atoms with E-state index in [4.69, 9.17) is 10.5 Å². The van der Waals surface area contributed by atoms with Gasteiger partial charge < -0.3 is 20.7 Å². The van der Waals surface area contributed by atoms with Crippen LogP contribution in [-0.2, 0) is 31.3 Å². The van der Waals surface area contributed by atoms with E-state index in [1.807, 2.05) is 62.4 Å². The fourth-order valence-electron chi connectivity index (χ4n) is 5.54. The normalized spacial score (nSPS) is 19.0. The van der Waals surface area contributed by atoms with Crippen LogP contribution in [0.15, 0.2) is 77.8 Å². The Kier molecular flexibility index (Phi) is 7.44. The number of nitrogens with two attached hydrogens (primary N) is 1. The maximum atomic E-state index is 14.3. The van der Waals surface area contributed by atoms with E-state index < -0.39 is 32.6 Å². The maximum Gasteiger partial charge on any atom is 0.411 e. The second-order valence-electron chi connectivity index (χ2n) is 12.2. The second kappa shape index (κ2) is 11.1. The molecule has 1 saturated carbocycles. The van der Waals surface area contributed by atoms with Crippen LogP contribution in [0.25, 0.3) is 10.8 Å². The van der Waals surface area contributed by atoms with Crippen molar-refractivity contribution in [2.24, 2.45) is 0 Å². The summed E-state index contributed by atoms with van der Waals surface area (Å²) in [5.74, 6) is 0.160. The van der Waals surface area contributed by atoms with Crippen LogP contribution < -0.4 is 16.4 Å². The van der Waals surface area contributed by atoms with Crippen molar-refractivity contribution in [3.8, 4) is 0 Å². The smallest absolute Gasteiger partial charge is 0.411 e. The fourth-order valence-corrected chi connectivity index (χ4v) is 7.40. The van der Waals surface area contributed by atoms with E-state index in [2.05, 4.69) is 15.6 Å². The molecule has 228 valence electrons. The standard InChI is InChI=1S/C33H35N5O5S/c1-33(2)19-43-32(40)37-25-8-12-28(44(41,42)26-9-10-26)22(17-25)18-38(3)31(39)29(21-5-4-6-23(33)15-21)36-24-7-11-27-20(16-24)13-14-35-30(27)34/h4-8,11-17,26,29,36H,9-10,18-19H2,1-3H3,(H2,34,35)(H,37,40)/t29-/m1/s1. The van der Waals surface area contributed by atoms with E-state index >= 15 is 0 Å². The summed E-state index contributed by atoms with van der Waals surface area (Å²) in [7, 11) is -1.94. The molecule has 4 N–H and O–H groups in total. The van der Waals surface area contributed by atoms with E-state index in [9.17, 15) is 18.0 Å². The van der Waals surface area contributed by atoms with Gasteiger partial charge in [0.15, 0.2) is 9.84 Å². The lowest BCUT2D eigenvalue weighted by Gasteiger charge is -2.29. The van der Waals surface area contributed by atoms with Crippen LogP contribution in [0.4, 0.5) is 22.0 Å². The molecule has 0 radical (unpaired) electrons. The Balaban J connectivity index is 1.44. The van der Waals surface area contributed by atoms with E-state index in [0.29, 0.717) is 41.2 Å². The molecule has 0 spiro atoms. The van der Waals surface area contributed by atoms with Gasteiger partial charge in [0.25, 0.3) is 0 Å². The molecule has 1 aliphatic heterocycles. The number of nitrogens with one attached hydrogen (secondary N) is 2. The molecular formula is C33H35N5O5S. The Labute approximate surface area is 256 Å². The molecule has 11 heteroatoms. The monoisotopic (exact) mass is 613 g/mol. The summed E-state index contributed by atoms with van der Waals surface area (Å²) in [6.45, 7) is 4.01. The number of pyridine rings is 1. The van der Waals surface area contributed by atoms with Crippen molar-refractivity contribution in [2.45, 2.75) is 54.8 Å². The van der Waals surface area contributed by atoms with Gasteiger partial charge in [-0.2, -0.15) is 0 Å². The number of anilines is 3. The van der Waals surface area contributed by atoms with Crippen molar-refractivity contribution in [2.75, 3.05) is 30.0 Å². The first-order valence-corrected chi connectivity index (χ1v) is 16.0. The lowest BCUT2D eigenvalue weighted by atomic mass is 9.84. The lowest BCUT2D eigenvalue weighted by molar-refractivity contribution is -0.131. The SMILES string of the molecule is CN1Cc2cc(ccc2S(=O)(=O)C2CC2)NC(=O)OCC(C)(C)c2cccc(c2)[C@@H](Nc2ccc3c(N)nccc3c2)C1=O. The number of benzene rings is 3. The molecule has 1 fully saturated rings. The minimum atomic E-state index is -3.59. The van der Waals surface area contributed by atoms with Crippen LogP contribution in [0, 0.1) is 0 Å². The Morgan fingerprint density at radius 2 is 1.84 bits per heavy atom. The predicted molar refractivity (Wildman–Crippen MR) is 170 cm³/mol. The quantitative estimate of drug-likeness (QED) is 0.277. The third-order valence-electron chi connectivity index (χ3n) is 8.28. The van der Waals surface area contributed by atoms with Gasteiger partial charge >= 0.3 is 6.09 Å². The average molecular weight is 614 g/mol. The van der Waals surface area contributed by atoms with Crippen LogP contribution in [-0.4, -0.2) is 49.2 Å². The number of sulfone groups is 1. The Bertz CT molecular complexity index is 1890. The van der Waals surface area contributed by atoms with Gasteiger partial charge in [-0.1, -0.05) is 38.1 Å². The molecule has 2 aliphatic rings. The van der Waals surface area contributed by atoms with Gasteiger partial charge in [0.05, 0.1) is 10.1 Å². The second-order valence-corrected chi connectivity index (χ2v) is 14.4. The first-order valence-electron chi connectivity index (χ1n) is 14.5. The molecule has 10 nitrogen and oxygen atoms in total. The Hall–Kier alpha value is -4.64. The summed E-state index contributed by atoms with van der Waals surface area (Å²) in [6.07, 6.45) is 2.20. The van der Waals surface area contributed by atoms with Crippen molar-refractivity contribution in [1.29, 1.82) is 0 Å². The van der Waals surface area contributed by atoms with Gasteiger partial charge in [-0.25, -0.2) is 18.2 Å². The van der Waals surface area contributed by atoms with Crippen molar-refractivity contribution in [3.05, 3.63) is 89.6 Å². The van der Waals surface area contributed by atoms with Gasteiger partial charge in [-0.15, -0.1) is 0 Å². The molecule has 4 aromatic rings. The van der Waals surface area contributed by atoms with Crippen LogP contribution >= 0.6 is 0 Å². The summed E-state index contributed by atoms with van der Waals surface area (Å²) in [5, 5.41) is 7.38. The number of nitrogen functional groups attached to an aromatic ring is 1. The Morgan fingerprint density at radius 1 is 1.05 bits per heavy atom. The summed E-state index contributed by atoms with van der Waals surface area (Å²) in [4.78, 5) is 32.9. The highest BCUT2D eigenvalue weighted by molar-refractivity contribution is 7.92. The number of fused-ring (bicyclic) bond motifs is 5. The molecule has 3 aromatic carbocycles. The molecule has 0 saturated heterocycles. The van der Waals surface area contributed by atoms with Gasteiger partial charge in [0.1, 0.15) is 18.5 Å². The number of nitrogens with zero attached hydrogens (tertiary/aromatic N) is 2. The minimum absolute atomic E-state index is 0.00791. The number of aromatic nitrogens is 1. The first kappa shape index (κ1) is 29.4. The van der Waals surface area contributed by atoms with Gasteiger partial charge in [0, 0.05) is 42.0 Å². The number of amides is 2. The zero-order chi connectivity index (χ0) is 31.2. The van der Waals surface area contributed by atoms with Gasteiger partial charge in [0.2, 0.25) is 5.91 Å². The predicted octanol–water partition coefficient (Wildman–Crippen LogP) is 5.40. The number of hydrogen-bond acceptors (Lipinski definition) is 8. The zero-order valence-electron chi connectivity index (χ0n) is 24.8. The topological polar surface area (TPSA) is 144 Å². The molecule has 1 aromatic heterocycles. The van der Waals surface area contributed by atoms with Crippen molar-refractivity contribution >= 4 is 49.8 Å². The average Bonchev–Trinajstić information content (AvgIpc) is 3.85. The van der Waals surface area contributed by atoms with Crippen molar-refractivity contribution < 1.29 is 22.7 Å². The number of carbonyl (C=O) groups excluding carboxylic acids is 2. The van der Waals surface area contributed by atoms with E-state index in [-0.39, 0.29) is 24.0 Å². The number of carbonyl (C=O) groups is 2. The minimum Gasteiger partial charge on any atom is -0.448 e. The molecule has 44 heavy (non-hydrogen) atoms. The first-order chi connectivity index (χ1) is 20.9. The summed E-state index contributed by atoms with van der Waals surface area (Å²) in [6, 6.07) is 19.0.